The van der Waals surface area contributed by atoms with E-state index in [2.05, 4.69) is 10.2 Å². The van der Waals surface area contributed by atoms with E-state index >= 15 is 0 Å². The number of phenolic OH excluding ortho intramolecular Hbond substituents is 1. The Hall–Kier alpha value is -2.04. The van der Waals surface area contributed by atoms with Gasteiger partial charge in [0.25, 0.3) is 10.1 Å². The third kappa shape index (κ3) is 4.19. The van der Waals surface area contributed by atoms with Crippen molar-refractivity contribution in [1.29, 1.82) is 0 Å². The van der Waals surface area contributed by atoms with E-state index < -0.39 is 26.6 Å². The zero-order chi connectivity index (χ0) is 18.2. The fourth-order valence-corrected chi connectivity index (χ4v) is 2.82. The molecule has 0 aliphatic carbocycles. The van der Waals surface area contributed by atoms with Gasteiger partial charge in [-0.1, -0.05) is 6.07 Å². The van der Waals surface area contributed by atoms with Gasteiger partial charge in [-0.3, -0.25) is 4.55 Å². The Kier molecular flexibility index (Phi) is 5.99. The van der Waals surface area contributed by atoms with E-state index in [9.17, 15) is 17.9 Å². The smallest absolute Gasteiger partial charge is 0.507 e. The SMILES string of the molecule is Nc1ccc2cc(S(=O)(=O)O)cc(O)c2c1N=Nc1ccc(F)cc1.[Na+]. The number of halogens is 1. The predicted octanol–water partition coefficient (Wildman–Crippen LogP) is 0.933. The van der Waals surface area contributed by atoms with Gasteiger partial charge in [0.15, 0.2) is 0 Å². The maximum Gasteiger partial charge on any atom is 1.00 e. The van der Waals surface area contributed by atoms with Crippen molar-refractivity contribution in [2.75, 3.05) is 5.73 Å². The molecule has 26 heavy (non-hydrogen) atoms. The monoisotopic (exact) mass is 384 g/mol. The van der Waals surface area contributed by atoms with Crippen LogP contribution >= 0.6 is 0 Å². The third-order valence-electron chi connectivity index (χ3n) is 3.46. The summed E-state index contributed by atoms with van der Waals surface area (Å²) in [4.78, 5) is -0.455. The Morgan fingerprint density at radius 2 is 1.65 bits per heavy atom. The molecule has 0 saturated carbocycles. The first-order valence-corrected chi connectivity index (χ1v) is 8.40. The van der Waals surface area contributed by atoms with Gasteiger partial charge in [0.2, 0.25) is 0 Å². The number of fused-ring (bicyclic) bond motifs is 1. The van der Waals surface area contributed by atoms with Gasteiger partial charge in [-0.25, -0.2) is 4.39 Å². The van der Waals surface area contributed by atoms with Gasteiger partial charge in [-0.2, -0.15) is 13.5 Å². The topological polar surface area (TPSA) is 125 Å². The molecule has 0 fully saturated rings. The van der Waals surface area contributed by atoms with Crippen molar-refractivity contribution in [2.45, 2.75) is 4.90 Å². The minimum absolute atomic E-state index is 0. The summed E-state index contributed by atoms with van der Waals surface area (Å²) in [5.41, 5.74) is 6.57. The standard InChI is InChI=1S/C16H12FN3O4S.Na/c17-10-2-4-11(5-3-10)19-20-16-13(18)6-1-9-7-12(25(22,23)24)8-14(21)15(9)16;/h1-8,21H,18H2,(H,22,23,24);/q;+1. The molecule has 0 aliphatic heterocycles. The van der Waals surface area contributed by atoms with Crippen molar-refractivity contribution < 1.29 is 52.0 Å². The quantitative estimate of drug-likeness (QED) is 0.268. The summed E-state index contributed by atoms with van der Waals surface area (Å²) in [6.45, 7) is 0. The van der Waals surface area contributed by atoms with Crippen molar-refractivity contribution in [3.05, 3.63) is 54.3 Å². The molecule has 0 spiro atoms. The van der Waals surface area contributed by atoms with Gasteiger partial charge in [0, 0.05) is 6.07 Å². The number of phenols is 1. The normalized spacial score (nSPS) is 11.6. The van der Waals surface area contributed by atoms with Gasteiger partial charge in [-0.05, 0) is 41.8 Å². The fourth-order valence-electron chi connectivity index (χ4n) is 2.29. The molecule has 0 aromatic heterocycles. The zero-order valence-electron chi connectivity index (χ0n) is 13.6. The second-order valence-electron chi connectivity index (χ2n) is 5.20. The van der Waals surface area contributed by atoms with Crippen molar-refractivity contribution in [2.24, 2.45) is 10.2 Å². The van der Waals surface area contributed by atoms with Crippen molar-refractivity contribution in [1.82, 2.24) is 0 Å². The molecule has 0 unspecified atom stereocenters. The van der Waals surface area contributed by atoms with Crippen LogP contribution in [0.2, 0.25) is 0 Å². The summed E-state index contributed by atoms with van der Waals surface area (Å²) in [7, 11) is -4.48. The molecular formula is C16H12FN3NaO4S+. The third-order valence-corrected chi connectivity index (χ3v) is 4.30. The van der Waals surface area contributed by atoms with Crippen molar-refractivity contribution in [3.63, 3.8) is 0 Å². The van der Waals surface area contributed by atoms with Crippen molar-refractivity contribution in [3.8, 4) is 5.75 Å². The summed E-state index contributed by atoms with van der Waals surface area (Å²) < 4.78 is 44.6. The molecule has 4 N–H and O–H groups in total. The second kappa shape index (κ2) is 7.68. The molecule has 7 nitrogen and oxygen atoms in total. The molecule has 3 aromatic rings. The van der Waals surface area contributed by atoms with Crippen LogP contribution in [0.5, 0.6) is 5.75 Å². The van der Waals surface area contributed by atoms with Crippen LogP contribution < -0.4 is 35.3 Å². The Balaban J connectivity index is 0.00000243. The predicted molar refractivity (Wildman–Crippen MR) is 90.4 cm³/mol. The summed E-state index contributed by atoms with van der Waals surface area (Å²) in [5, 5.41) is 18.6. The van der Waals surface area contributed by atoms with E-state index in [1.54, 1.807) is 0 Å². The van der Waals surface area contributed by atoms with Crippen LogP contribution in [0.25, 0.3) is 10.8 Å². The molecule has 128 valence electrons. The van der Waals surface area contributed by atoms with E-state index in [0.29, 0.717) is 11.1 Å². The minimum Gasteiger partial charge on any atom is -0.507 e. The summed E-state index contributed by atoms with van der Waals surface area (Å²) in [6, 6.07) is 10.3. The Morgan fingerprint density at radius 1 is 1.00 bits per heavy atom. The largest absolute Gasteiger partial charge is 1.00 e. The average molecular weight is 384 g/mol. The van der Waals surface area contributed by atoms with E-state index in [-0.39, 0.29) is 46.3 Å². The summed E-state index contributed by atoms with van der Waals surface area (Å²) >= 11 is 0. The van der Waals surface area contributed by atoms with Crippen LogP contribution in [0.15, 0.2) is 63.7 Å². The number of nitrogens with zero attached hydrogens (tertiary/aromatic N) is 2. The van der Waals surface area contributed by atoms with Crippen LogP contribution in [0.4, 0.5) is 21.5 Å². The van der Waals surface area contributed by atoms with E-state index in [4.69, 9.17) is 10.3 Å². The minimum atomic E-state index is -4.48. The molecule has 0 radical (unpaired) electrons. The number of nitrogens with two attached hydrogens (primary N) is 1. The molecule has 3 aromatic carbocycles. The van der Waals surface area contributed by atoms with Gasteiger partial charge in [-0.15, -0.1) is 5.11 Å². The van der Waals surface area contributed by atoms with Crippen LogP contribution in [0.3, 0.4) is 0 Å². The molecular weight excluding hydrogens is 372 g/mol. The first-order valence-electron chi connectivity index (χ1n) is 6.96. The molecule has 0 saturated heterocycles. The number of aromatic hydroxyl groups is 1. The number of nitrogen functional groups attached to an aromatic ring is 1. The first-order chi connectivity index (χ1) is 11.8. The van der Waals surface area contributed by atoms with Gasteiger partial charge < -0.3 is 10.8 Å². The molecule has 0 amide bonds. The van der Waals surface area contributed by atoms with Crippen LogP contribution in [-0.4, -0.2) is 18.1 Å². The molecule has 0 atom stereocenters. The summed E-state index contributed by atoms with van der Waals surface area (Å²) in [5.74, 6) is -0.843. The zero-order valence-corrected chi connectivity index (χ0v) is 16.4. The first kappa shape index (κ1) is 20.3. The van der Waals surface area contributed by atoms with Gasteiger partial charge in [0.1, 0.15) is 17.3 Å². The van der Waals surface area contributed by atoms with E-state index in [1.807, 2.05) is 0 Å². The average Bonchev–Trinajstić information content (AvgIpc) is 2.54. The number of anilines is 1. The number of hydrogen-bond acceptors (Lipinski definition) is 6. The van der Waals surface area contributed by atoms with Crippen LogP contribution in [0, 0.1) is 5.82 Å². The maximum atomic E-state index is 12.9. The number of benzene rings is 3. The molecule has 0 aliphatic rings. The number of azo groups is 1. The Morgan fingerprint density at radius 3 is 2.27 bits per heavy atom. The van der Waals surface area contributed by atoms with Gasteiger partial charge in [0.05, 0.1) is 21.7 Å². The maximum absolute atomic E-state index is 12.9. The van der Waals surface area contributed by atoms with Crippen LogP contribution in [0.1, 0.15) is 0 Å². The Bertz CT molecular complexity index is 1100. The number of hydrogen-bond donors (Lipinski definition) is 3. The van der Waals surface area contributed by atoms with Gasteiger partial charge >= 0.3 is 29.6 Å². The fraction of sp³-hybridized carbons (Fsp3) is 0. The molecule has 10 heteroatoms. The Labute approximate surface area is 170 Å². The van der Waals surface area contributed by atoms with E-state index in [0.717, 1.165) is 6.07 Å². The van der Waals surface area contributed by atoms with Crippen LogP contribution in [-0.2, 0) is 10.1 Å². The molecule has 0 heterocycles. The number of rotatable bonds is 3. The second-order valence-corrected chi connectivity index (χ2v) is 6.62. The van der Waals surface area contributed by atoms with Crippen molar-refractivity contribution >= 4 is 38.0 Å². The molecule has 3 rings (SSSR count). The summed E-state index contributed by atoms with van der Waals surface area (Å²) in [6.07, 6.45) is 0. The van der Waals surface area contributed by atoms with E-state index in [1.165, 1.54) is 42.5 Å². The molecule has 0 bridgehead atoms.